The standard InChI is InChI=1S/C12H8BrFN2O4S/c13-9-2-1-7(5-8(9)12(17)18)21(19,20)16-11-3-4-15-6-10(11)14/h1-6H,(H,15,16)(H,17,18). The molecule has 0 atom stereocenters. The molecule has 1 heterocycles. The predicted molar refractivity (Wildman–Crippen MR) is 76.1 cm³/mol. The molecule has 21 heavy (non-hydrogen) atoms. The Balaban J connectivity index is 2.43. The maximum atomic E-state index is 13.4. The molecule has 0 unspecified atom stereocenters. The molecule has 6 nitrogen and oxygen atoms in total. The minimum atomic E-state index is -4.11. The molecule has 0 aliphatic heterocycles. The summed E-state index contributed by atoms with van der Waals surface area (Å²) in [6, 6.07) is 4.64. The molecule has 0 aliphatic rings. The van der Waals surface area contributed by atoms with E-state index in [1.807, 2.05) is 4.72 Å². The molecule has 2 aromatic rings. The second-order valence-corrected chi connectivity index (χ2v) is 6.44. The first kappa shape index (κ1) is 15.4. The van der Waals surface area contributed by atoms with Crippen LogP contribution in [0.2, 0.25) is 0 Å². The minimum Gasteiger partial charge on any atom is -0.478 e. The van der Waals surface area contributed by atoms with E-state index in [-0.39, 0.29) is 20.6 Å². The quantitative estimate of drug-likeness (QED) is 0.856. The Bertz CT molecular complexity index is 811. The van der Waals surface area contributed by atoms with E-state index in [0.717, 1.165) is 18.3 Å². The van der Waals surface area contributed by atoms with Crippen molar-refractivity contribution in [2.75, 3.05) is 4.72 Å². The van der Waals surface area contributed by atoms with Crippen LogP contribution in [-0.4, -0.2) is 24.5 Å². The predicted octanol–water partition coefficient (Wildman–Crippen LogP) is 2.48. The number of carboxylic acid groups (broad SMARTS) is 1. The van der Waals surface area contributed by atoms with Crippen LogP contribution in [0.5, 0.6) is 0 Å². The maximum absolute atomic E-state index is 13.4. The molecular weight excluding hydrogens is 367 g/mol. The van der Waals surface area contributed by atoms with Gasteiger partial charge in [0.15, 0.2) is 5.82 Å². The zero-order chi connectivity index (χ0) is 15.6. The number of hydrogen-bond donors (Lipinski definition) is 2. The van der Waals surface area contributed by atoms with Gasteiger partial charge in [0.05, 0.1) is 22.3 Å². The number of nitrogens with zero attached hydrogens (tertiary/aromatic N) is 1. The van der Waals surface area contributed by atoms with Crippen molar-refractivity contribution in [2.24, 2.45) is 0 Å². The summed E-state index contributed by atoms with van der Waals surface area (Å²) < 4.78 is 40.0. The lowest BCUT2D eigenvalue weighted by atomic mass is 10.2. The van der Waals surface area contributed by atoms with Gasteiger partial charge in [0, 0.05) is 10.7 Å². The van der Waals surface area contributed by atoms with E-state index in [1.165, 1.54) is 18.3 Å². The van der Waals surface area contributed by atoms with Crippen molar-refractivity contribution in [3.63, 3.8) is 0 Å². The van der Waals surface area contributed by atoms with Gasteiger partial charge in [-0.25, -0.2) is 17.6 Å². The van der Waals surface area contributed by atoms with Crippen LogP contribution in [0.25, 0.3) is 0 Å². The summed E-state index contributed by atoms with van der Waals surface area (Å²) in [7, 11) is -4.11. The fraction of sp³-hybridized carbons (Fsp3) is 0. The zero-order valence-corrected chi connectivity index (χ0v) is 12.6. The number of aromatic nitrogens is 1. The summed E-state index contributed by atoms with van der Waals surface area (Å²) in [5, 5.41) is 8.98. The number of sulfonamides is 1. The second kappa shape index (κ2) is 5.78. The number of carboxylic acids is 1. The largest absolute Gasteiger partial charge is 0.478 e. The number of rotatable bonds is 4. The molecule has 0 fully saturated rings. The average Bonchev–Trinajstić information content (AvgIpc) is 2.41. The van der Waals surface area contributed by atoms with Crippen molar-refractivity contribution >= 4 is 37.6 Å². The highest BCUT2D eigenvalue weighted by atomic mass is 79.9. The molecule has 2 rings (SSSR count). The molecular formula is C12H8BrFN2O4S. The van der Waals surface area contributed by atoms with Crippen molar-refractivity contribution in [3.05, 3.63) is 52.5 Å². The van der Waals surface area contributed by atoms with Crippen LogP contribution in [0.15, 0.2) is 46.0 Å². The van der Waals surface area contributed by atoms with E-state index in [2.05, 4.69) is 20.9 Å². The monoisotopic (exact) mass is 374 g/mol. The lowest BCUT2D eigenvalue weighted by Crippen LogP contribution is -2.15. The SMILES string of the molecule is O=C(O)c1cc(S(=O)(=O)Nc2ccncc2F)ccc1Br. The molecule has 110 valence electrons. The van der Waals surface area contributed by atoms with E-state index >= 15 is 0 Å². The molecule has 0 aliphatic carbocycles. The van der Waals surface area contributed by atoms with Crippen molar-refractivity contribution in [3.8, 4) is 0 Å². The normalized spacial score (nSPS) is 11.1. The molecule has 1 aromatic heterocycles. The van der Waals surface area contributed by atoms with Crippen LogP contribution in [0, 0.1) is 5.82 Å². The van der Waals surface area contributed by atoms with E-state index in [1.54, 1.807) is 0 Å². The Morgan fingerprint density at radius 1 is 1.33 bits per heavy atom. The average molecular weight is 375 g/mol. The summed E-state index contributed by atoms with van der Waals surface area (Å²) in [6.07, 6.45) is 2.09. The molecule has 0 amide bonds. The Morgan fingerprint density at radius 2 is 2.05 bits per heavy atom. The molecule has 0 saturated carbocycles. The van der Waals surface area contributed by atoms with Crippen LogP contribution in [0.4, 0.5) is 10.1 Å². The van der Waals surface area contributed by atoms with Crippen LogP contribution in [0.1, 0.15) is 10.4 Å². The highest BCUT2D eigenvalue weighted by Gasteiger charge is 2.19. The fourth-order valence-electron chi connectivity index (χ4n) is 1.50. The van der Waals surface area contributed by atoms with Gasteiger partial charge < -0.3 is 5.11 Å². The third-order valence-electron chi connectivity index (χ3n) is 2.50. The summed E-state index contributed by atoms with van der Waals surface area (Å²) in [6.45, 7) is 0. The number of anilines is 1. The van der Waals surface area contributed by atoms with E-state index < -0.39 is 21.8 Å². The number of pyridine rings is 1. The summed E-state index contributed by atoms with van der Waals surface area (Å²) in [5.74, 6) is -2.12. The van der Waals surface area contributed by atoms with Gasteiger partial charge in [-0.3, -0.25) is 9.71 Å². The Labute approximate surface area is 127 Å². The van der Waals surface area contributed by atoms with Gasteiger partial charge in [-0.2, -0.15) is 0 Å². The van der Waals surface area contributed by atoms with Gasteiger partial charge in [-0.05, 0) is 40.2 Å². The molecule has 0 bridgehead atoms. The van der Waals surface area contributed by atoms with E-state index in [4.69, 9.17) is 5.11 Å². The van der Waals surface area contributed by atoms with Gasteiger partial charge in [0.2, 0.25) is 0 Å². The Kier molecular flexibility index (Phi) is 4.24. The Morgan fingerprint density at radius 3 is 2.67 bits per heavy atom. The summed E-state index contributed by atoms with van der Waals surface area (Å²) in [4.78, 5) is 14.2. The van der Waals surface area contributed by atoms with E-state index in [0.29, 0.717) is 0 Å². The zero-order valence-electron chi connectivity index (χ0n) is 10.2. The molecule has 0 spiro atoms. The smallest absolute Gasteiger partial charge is 0.336 e. The molecule has 1 aromatic carbocycles. The van der Waals surface area contributed by atoms with Crippen molar-refractivity contribution in [2.45, 2.75) is 4.90 Å². The molecule has 0 saturated heterocycles. The van der Waals surface area contributed by atoms with Crippen LogP contribution in [-0.2, 0) is 10.0 Å². The molecule has 2 N–H and O–H groups in total. The lowest BCUT2D eigenvalue weighted by Gasteiger charge is -2.09. The number of benzene rings is 1. The van der Waals surface area contributed by atoms with Gasteiger partial charge in [0.1, 0.15) is 0 Å². The third-order valence-corrected chi connectivity index (χ3v) is 4.55. The van der Waals surface area contributed by atoms with E-state index in [9.17, 15) is 17.6 Å². The topological polar surface area (TPSA) is 96.4 Å². The van der Waals surface area contributed by atoms with Gasteiger partial charge in [-0.15, -0.1) is 0 Å². The highest BCUT2D eigenvalue weighted by Crippen LogP contribution is 2.23. The van der Waals surface area contributed by atoms with Crippen molar-refractivity contribution in [1.82, 2.24) is 4.98 Å². The first-order chi connectivity index (χ1) is 9.81. The number of aromatic carboxylic acids is 1. The lowest BCUT2D eigenvalue weighted by molar-refractivity contribution is 0.0695. The van der Waals surface area contributed by atoms with Crippen LogP contribution < -0.4 is 4.72 Å². The fourth-order valence-corrected chi connectivity index (χ4v) is 3.01. The number of halogens is 2. The summed E-state index contributed by atoms with van der Waals surface area (Å²) in [5.41, 5.74) is -0.488. The summed E-state index contributed by atoms with van der Waals surface area (Å²) >= 11 is 3.01. The van der Waals surface area contributed by atoms with Gasteiger partial charge >= 0.3 is 5.97 Å². The highest BCUT2D eigenvalue weighted by molar-refractivity contribution is 9.10. The molecule has 9 heteroatoms. The first-order valence-corrected chi connectivity index (χ1v) is 7.74. The van der Waals surface area contributed by atoms with Crippen LogP contribution in [0.3, 0.4) is 0 Å². The molecule has 0 radical (unpaired) electrons. The maximum Gasteiger partial charge on any atom is 0.336 e. The number of carbonyl (C=O) groups is 1. The first-order valence-electron chi connectivity index (χ1n) is 5.46. The second-order valence-electron chi connectivity index (χ2n) is 3.91. The third kappa shape index (κ3) is 3.37. The number of nitrogens with one attached hydrogen (secondary N) is 1. The van der Waals surface area contributed by atoms with Crippen molar-refractivity contribution < 1.29 is 22.7 Å². The van der Waals surface area contributed by atoms with Gasteiger partial charge in [-0.1, -0.05) is 0 Å². The number of hydrogen-bond acceptors (Lipinski definition) is 4. The van der Waals surface area contributed by atoms with Gasteiger partial charge in [0.25, 0.3) is 10.0 Å². The Hall–Kier alpha value is -2.00. The van der Waals surface area contributed by atoms with Crippen molar-refractivity contribution in [1.29, 1.82) is 0 Å². The van der Waals surface area contributed by atoms with Crippen LogP contribution >= 0.6 is 15.9 Å². The minimum absolute atomic E-state index is 0.215.